The average molecular weight is 292 g/mol. The summed E-state index contributed by atoms with van der Waals surface area (Å²) in [6.07, 6.45) is 1.65. The van der Waals surface area contributed by atoms with Crippen molar-refractivity contribution in [1.82, 2.24) is 15.0 Å². The second-order valence-electron chi connectivity index (χ2n) is 4.48. The molecule has 0 unspecified atom stereocenters. The molecule has 2 heterocycles. The SMILES string of the molecule is CCc1nc(NC)c(C)c(OCCc2scnc2C)n1. The number of hydrogen-bond acceptors (Lipinski definition) is 6. The van der Waals surface area contributed by atoms with Gasteiger partial charge in [-0.05, 0) is 13.8 Å². The maximum Gasteiger partial charge on any atom is 0.221 e. The Labute approximate surface area is 123 Å². The normalized spacial score (nSPS) is 10.6. The minimum Gasteiger partial charge on any atom is -0.477 e. The fourth-order valence-electron chi connectivity index (χ4n) is 1.89. The highest BCUT2D eigenvalue weighted by molar-refractivity contribution is 7.09. The predicted octanol–water partition coefficient (Wildman–Crippen LogP) is 2.78. The zero-order valence-corrected chi connectivity index (χ0v) is 13.2. The molecule has 5 nitrogen and oxygen atoms in total. The minimum absolute atomic E-state index is 0.604. The minimum atomic E-state index is 0.604. The van der Waals surface area contributed by atoms with Crippen molar-refractivity contribution in [3.05, 3.63) is 27.5 Å². The fourth-order valence-corrected chi connectivity index (χ4v) is 2.65. The van der Waals surface area contributed by atoms with Gasteiger partial charge in [0.05, 0.1) is 23.4 Å². The Bertz CT molecular complexity index is 583. The maximum atomic E-state index is 5.84. The van der Waals surface area contributed by atoms with E-state index in [9.17, 15) is 0 Å². The van der Waals surface area contributed by atoms with Crippen LogP contribution in [0.4, 0.5) is 5.82 Å². The van der Waals surface area contributed by atoms with E-state index in [0.29, 0.717) is 12.5 Å². The van der Waals surface area contributed by atoms with Crippen molar-refractivity contribution in [1.29, 1.82) is 0 Å². The molecule has 108 valence electrons. The van der Waals surface area contributed by atoms with Crippen molar-refractivity contribution in [3.63, 3.8) is 0 Å². The molecule has 0 aliphatic heterocycles. The summed E-state index contributed by atoms with van der Waals surface area (Å²) in [4.78, 5) is 14.4. The predicted molar refractivity (Wildman–Crippen MR) is 81.7 cm³/mol. The molecule has 20 heavy (non-hydrogen) atoms. The molecule has 0 spiro atoms. The van der Waals surface area contributed by atoms with Gasteiger partial charge in [0.1, 0.15) is 11.6 Å². The molecule has 0 amide bonds. The van der Waals surface area contributed by atoms with Crippen molar-refractivity contribution in [2.45, 2.75) is 33.6 Å². The number of thiazole rings is 1. The number of aryl methyl sites for hydroxylation is 2. The van der Waals surface area contributed by atoms with Crippen LogP contribution in [-0.4, -0.2) is 28.6 Å². The van der Waals surface area contributed by atoms with Crippen LogP contribution in [0.25, 0.3) is 0 Å². The van der Waals surface area contributed by atoms with E-state index in [2.05, 4.69) is 20.3 Å². The molecule has 6 heteroatoms. The molecule has 2 aromatic rings. The molecule has 0 saturated heterocycles. The van der Waals surface area contributed by atoms with Gasteiger partial charge in [0, 0.05) is 24.8 Å². The van der Waals surface area contributed by atoms with Gasteiger partial charge < -0.3 is 10.1 Å². The average Bonchev–Trinajstić information content (AvgIpc) is 2.86. The molecule has 0 saturated carbocycles. The Morgan fingerprint density at radius 2 is 2.10 bits per heavy atom. The number of ether oxygens (including phenoxy) is 1. The lowest BCUT2D eigenvalue weighted by Crippen LogP contribution is -2.09. The van der Waals surface area contributed by atoms with E-state index >= 15 is 0 Å². The number of nitrogens with one attached hydrogen (secondary N) is 1. The second kappa shape index (κ2) is 6.65. The van der Waals surface area contributed by atoms with Gasteiger partial charge >= 0.3 is 0 Å². The van der Waals surface area contributed by atoms with Crippen LogP contribution in [0.15, 0.2) is 5.51 Å². The Balaban J connectivity index is 2.07. The van der Waals surface area contributed by atoms with Crippen molar-refractivity contribution in [2.24, 2.45) is 0 Å². The third-order valence-corrected chi connectivity index (χ3v) is 4.11. The maximum absolute atomic E-state index is 5.84. The molecule has 2 aromatic heterocycles. The van der Waals surface area contributed by atoms with E-state index in [1.54, 1.807) is 11.3 Å². The van der Waals surface area contributed by atoms with Crippen molar-refractivity contribution in [2.75, 3.05) is 19.0 Å². The largest absolute Gasteiger partial charge is 0.477 e. The molecule has 0 aliphatic rings. The zero-order chi connectivity index (χ0) is 14.5. The first-order chi connectivity index (χ1) is 9.65. The van der Waals surface area contributed by atoms with Gasteiger partial charge in [0.15, 0.2) is 0 Å². The van der Waals surface area contributed by atoms with Gasteiger partial charge in [-0.25, -0.2) is 9.97 Å². The third-order valence-electron chi connectivity index (χ3n) is 3.11. The van der Waals surface area contributed by atoms with E-state index < -0.39 is 0 Å². The Morgan fingerprint density at radius 3 is 2.70 bits per heavy atom. The lowest BCUT2D eigenvalue weighted by Gasteiger charge is -2.12. The van der Waals surface area contributed by atoms with Gasteiger partial charge in [-0.2, -0.15) is 4.98 Å². The van der Waals surface area contributed by atoms with E-state index in [1.807, 2.05) is 33.3 Å². The molecule has 0 fully saturated rings. The van der Waals surface area contributed by atoms with Crippen molar-refractivity contribution < 1.29 is 4.74 Å². The lowest BCUT2D eigenvalue weighted by atomic mass is 10.3. The van der Waals surface area contributed by atoms with Crippen molar-refractivity contribution in [3.8, 4) is 5.88 Å². The van der Waals surface area contributed by atoms with E-state index in [4.69, 9.17) is 4.74 Å². The molecule has 1 N–H and O–H groups in total. The van der Waals surface area contributed by atoms with Gasteiger partial charge in [0.2, 0.25) is 5.88 Å². The molecule has 0 aliphatic carbocycles. The first-order valence-corrected chi connectivity index (χ1v) is 7.60. The molecule has 0 atom stereocenters. The summed E-state index contributed by atoms with van der Waals surface area (Å²) in [5, 5.41) is 3.08. The number of rotatable bonds is 6. The summed E-state index contributed by atoms with van der Waals surface area (Å²) in [5.74, 6) is 2.30. The van der Waals surface area contributed by atoms with Gasteiger partial charge in [-0.1, -0.05) is 6.92 Å². The summed E-state index contributed by atoms with van der Waals surface area (Å²) < 4.78 is 5.84. The topological polar surface area (TPSA) is 59.9 Å². The van der Waals surface area contributed by atoms with Crippen LogP contribution in [0.5, 0.6) is 5.88 Å². The van der Waals surface area contributed by atoms with Crippen LogP contribution < -0.4 is 10.1 Å². The number of hydrogen-bond donors (Lipinski definition) is 1. The Kier molecular flexibility index (Phi) is 4.89. The monoisotopic (exact) mass is 292 g/mol. The summed E-state index contributed by atoms with van der Waals surface area (Å²) in [5.41, 5.74) is 3.91. The first kappa shape index (κ1) is 14.7. The van der Waals surface area contributed by atoms with E-state index in [0.717, 1.165) is 35.7 Å². The highest BCUT2D eigenvalue weighted by Gasteiger charge is 2.11. The lowest BCUT2D eigenvalue weighted by molar-refractivity contribution is 0.306. The summed E-state index contributed by atoms with van der Waals surface area (Å²) >= 11 is 1.67. The Morgan fingerprint density at radius 1 is 1.30 bits per heavy atom. The standard InChI is InChI=1S/C14H20N4OS/c1-5-12-17-13(15-4)9(2)14(18-12)19-7-6-11-10(3)16-8-20-11/h8H,5-7H2,1-4H3,(H,15,17,18). The van der Waals surface area contributed by atoms with Gasteiger partial charge in [0.25, 0.3) is 0 Å². The highest BCUT2D eigenvalue weighted by Crippen LogP contribution is 2.22. The second-order valence-corrected chi connectivity index (χ2v) is 5.42. The first-order valence-electron chi connectivity index (χ1n) is 6.72. The van der Waals surface area contributed by atoms with Crippen molar-refractivity contribution >= 4 is 17.2 Å². The quantitative estimate of drug-likeness (QED) is 0.887. The van der Waals surface area contributed by atoms with Crippen LogP contribution in [0, 0.1) is 13.8 Å². The summed E-state index contributed by atoms with van der Waals surface area (Å²) in [7, 11) is 1.86. The third kappa shape index (κ3) is 3.25. The summed E-state index contributed by atoms with van der Waals surface area (Å²) in [6.45, 7) is 6.64. The van der Waals surface area contributed by atoms with Crippen LogP contribution in [-0.2, 0) is 12.8 Å². The molecule has 0 bridgehead atoms. The van der Waals surface area contributed by atoms with Crippen LogP contribution in [0.1, 0.15) is 28.9 Å². The number of anilines is 1. The smallest absolute Gasteiger partial charge is 0.221 e. The fraction of sp³-hybridized carbons (Fsp3) is 0.500. The van der Waals surface area contributed by atoms with E-state index in [1.165, 1.54) is 4.88 Å². The number of nitrogens with zero attached hydrogens (tertiary/aromatic N) is 3. The number of aromatic nitrogens is 3. The molecular formula is C14H20N4OS. The van der Waals surface area contributed by atoms with Gasteiger partial charge in [-0.3, -0.25) is 0 Å². The zero-order valence-electron chi connectivity index (χ0n) is 12.4. The molecule has 2 rings (SSSR count). The van der Waals surface area contributed by atoms with E-state index in [-0.39, 0.29) is 0 Å². The molecule has 0 aromatic carbocycles. The summed E-state index contributed by atoms with van der Waals surface area (Å²) in [6, 6.07) is 0. The molecular weight excluding hydrogens is 272 g/mol. The molecule has 0 radical (unpaired) electrons. The van der Waals surface area contributed by atoms with Crippen LogP contribution in [0.2, 0.25) is 0 Å². The van der Waals surface area contributed by atoms with Crippen LogP contribution in [0.3, 0.4) is 0 Å². The van der Waals surface area contributed by atoms with Gasteiger partial charge in [-0.15, -0.1) is 11.3 Å². The van der Waals surface area contributed by atoms with Crippen LogP contribution >= 0.6 is 11.3 Å². The highest BCUT2D eigenvalue weighted by atomic mass is 32.1. The Hall–Kier alpha value is -1.69.